The zero-order chi connectivity index (χ0) is 17.7. The normalized spacial score (nSPS) is 22.9. The van der Waals surface area contributed by atoms with Gasteiger partial charge in [0.05, 0.1) is 13.2 Å². The molecule has 0 aromatic heterocycles. The maximum absolute atomic E-state index is 12.4. The molecule has 1 aromatic rings. The van der Waals surface area contributed by atoms with Crippen molar-refractivity contribution in [3.05, 3.63) is 35.4 Å². The highest BCUT2D eigenvalue weighted by molar-refractivity contribution is 5.76. The third-order valence-corrected chi connectivity index (χ3v) is 5.80. The van der Waals surface area contributed by atoms with E-state index < -0.39 is 0 Å². The highest BCUT2D eigenvalue weighted by Gasteiger charge is 2.36. The van der Waals surface area contributed by atoms with Crippen LogP contribution in [0, 0.1) is 0 Å². The van der Waals surface area contributed by atoms with Crippen molar-refractivity contribution in [2.24, 2.45) is 0 Å². The molecule has 2 N–H and O–H groups in total. The maximum Gasteiger partial charge on any atom is 0.221 e. The average molecular weight is 344 g/mol. The van der Waals surface area contributed by atoms with Gasteiger partial charge in [-0.25, -0.2) is 0 Å². The largest absolute Gasteiger partial charge is 0.378 e. The predicted octanol–water partition coefficient (Wildman–Crippen LogP) is 3.12. The van der Waals surface area contributed by atoms with Crippen LogP contribution in [0.15, 0.2) is 24.3 Å². The van der Waals surface area contributed by atoms with Gasteiger partial charge < -0.3 is 15.4 Å². The van der Waals surface area contributed by atoms with Crippen molar-refractivity contribution >= 4 is 5.91 Å². The molecule has 3 rings (SSSR count). The van der Waals surface area contributed by atoms with E-state index in [1.807, 2.05) is 0 Å². The maximum atomic E-state index is 12.4. The van der Waals surface area contributed by atoms with E-state index in [1.54, 1.807) is 0 Å². The minimum atomic E-state index is 0.113. The fraction of sp³-hybridized carbons (Fsp3) is 0.667. The van der Waals surface area contributed by atoms with Crippen molar-refractivity contribution in [1.29, 1.82) is 0 Å². The van der Waals surface area contributed by atoms with Crippen LogP contribution in [-0.4, -0.2) is 38.3 Å². The lowest BCUT2D eigenvalue weighted by atomic mass is 9.78. The van der Waals surface area contributed by atoms with Gasteiger partial charge in [-0.3, -0.25) is 4.79 Å². The first kappa shape index (κ1) is 18.4. The highest BCUT2D eigenvalue weighted by atomic mass is 16.5. The van der Waals surface area contributed by atoms with E-state index in [4.69, 9.17) is 4.74 Å². The molecule has 1 saturated carbocycles. The zero-order valence-corrected chi connectivity index (χ0v) is 15.6. The smallest absolute Gasteiger partial charge is 0.221 e. The Balaban J connectivity index is 1.61. The summed E-state index contributed by atoms with van der Waals surface area (Å²) in [6.45, 7) is 7.42. The molecule has 0 bridgehead atoms. The molecule has 1 unspecified atom stereocenters. The Morgan fingerprint density at radius 1 is 1.28 bits per heavy atom. The number of carbonyl (C=O) groups excluding carboxylic acids is 1. The molecule has 2 fully saturated rings. The van der Waals surface area contributed by atoms with E-state index in [9.17, 15) is 4.79 Å². The van der Waals surface area contributed by atoms with E-state index in [0.717, 1.165) is 19.7 Å². The van der Waals surface area contributed by atoms with Crippen molar-refractivity contribution in [3.63, 3.8) is 0 Å². The van der Waals surface area contributed by atoms with Gasteiger partial charge in [0.15, 0.2) is 0 Å². The molecular formula is C21H32N2O2. The number of hydrogen-bond acceptors (Lipinski definition) is 3. The number of hydrogen-bond donors (Lipinski definition) is 2. The molecule has 1 amide bonds. The number of amides is 1. The second kappa shape index (κ2) is 8.33. The van der Waals surface area contributed by atoms with Crippen LogP contribution < -0.4 is 10.6 Å². The fourth-order valence-electron chi connectivity index (χ4n) is 4.16. The van der Waals surface area contributed by atoms with E-state index in [1.165, 1.54) is 36.8 Å². The molecule has 1 saturated heterocycles. The summed E-state index contributed by atoms with van der Waals surface area (Å²) in [5.74, 6) is 0.687. The Hall–Kier alpha value is -1.39. The Kier molecular flexibility index (Phi) is 6.13. The summed E-state index contributed by atoms with van der Waals surface area (Å²) in [5, 5.41) is 6.56. The van der Waals surface area contributed by atoms with Gasteiger partial charge in [0, 0.05) is 31.0 Å². The van der Waals surface area contributed by atoms with Gasteiger partial charge in [0.25, 0.3) is 0 Å². The first-order valence-corrected chi connectivity index (χ1v) is 9.77. The van der Waals surface area contributed by atoms with Crippen LogP contribution in [-0.2, 0) is 14.9 Å². The fourth-order valence-corrected chi connectivity index (χ4v) is 4.16. The lowest BCUT2D eigenvalue weighted by Gasteiger charge is -2.31. The van der Waals surface area contributed by atoms with Crippen LogP contribution in [0.5, 0.6) is 0 Å². The van der Waals surface area contributed by atoms with Crippen molar-refractivity contribution in [1.82, 2.24) is 10.6 Å². The summed E-state index contributed by atoms with van der Waals surface area (Å²) in [6, 6.07) is 9.22. The molecule has 138 valence electrons. The summed E-state index contributed by atoms with van der Waals surface area (Å²) in [7, 11) is 0. The number of ether oxygens (including phenoxy) is 1. The SMILES string of the molecule is CC(C)c1ccc(C2(CNC(=O)CC3COCCN3)CCCC2)cc1. The third-order valence-electron chi connectivity index (χ3n) is 5.80. The van der Waals surface area contributed by atoms with Gasteiger partial charge in [-0.05, 0) is 29.9 Å². The van der Waals surface area contributed by atoms with E-state index in [2.05, 4.69) is 48.7 Å². The third kappa shape index (κ3) is 4.62. The van der Waals surface area contributed by atoms with Gasteiger partial charge in [0.1, 0.15) is 0 Å². The Morgan fingerprint density at radius 2 is 2.00 bits per heavy atom. The molecule has 1 aliphatic carbocycles. The van der Waals surface area contributed by atoms with Gasteiger partial charge in [-0.1, -0.05) is 51.0 Å². The molecular weight excluding hydrogens is 312 g/mol. The Labute approximate surface area is 151 Å². The van der Waals surface area contributed by atoms with Crippen LogP contribution in [0.3, 0.4) is 0 Å². The van der Waals surface area contributed by atoms with Crippen LogP contribution in [0.4, 0.5) is 0 Å². The lowest BCUT2D eigenvalue weighted by Crippen LogP contribution is -2.46. The van der Waals surface area contributed by atoms with Crippen LogP contribution in [0.1, 0.15) is 63.0 Å². The number of benzene rings is 1. The zero-order valence-electron chi connectivity index (χ0n) is 15.6. The molecule has 0 spiro atoms. The summed E-state index contributed by atoms with van der Waals surface area (Å²) >= 11 is 0. The van der Waals surface area contributed by atoms with Crippen molar-refractivity contribution < 1.29 is 9.53 Å². The molecule has 4 nitrogen and oxygen atoms in total. The molecule has 2 aliphatic rings. The Morgan fingerprint density at radius 3 is 2.60 bits per heavy atom. The van der Waals surface area contributed by atoms with E-state index in [0.29, 0.717) is 18.9 Å². The van der Waals surface area contributed by atoms with Crippen LogP contribution in [0.2, 0.25) is 0 Å². The second-order valence-corrected chi connectivity index (χ2v) is 7.97. The van der Waals surface area contributed by atoms with Crippen LogP contribution in [0.25, 0.3) is 0 Å². The molecule has 0 radical (unpaired) electrons. The molecule has 1 heterocycles. The van der Waals surface area contributed by atoms with Crippen molar-refractivity contribution in [2.45, 2.75) is 63.3 Å². The standard InChI is InChI=1S/C21H32N2O2/c1-16(2)17-5-7-18(8-6-17)21(9-3-4-10-21)15-23-20(24)13-19-14-25-12-11-22-19/h5-8,16,19,22H,3-4,9-15H2,1-2H3,(H,23,24). The number of nitrogens with one attached hydrogen (secondary N) is 2. The lowest BCUT2D eigenvalue weighted by molar-refractivity contribution is -0.122. The number of carbonyl (C=O) groups is 1. The van der Waals surface area contributed by atoms with Crippen molar-refractivity contribution in [3.8, 4) is 0 Å². The summed E-state index contributed by atoms with van der Waals surface area (Å²) in [6.07, 6.45) is 5.33. The molecule has 1 aliphatic heterocycles. The van der Waals surface area contributed by atoms with E-state index in [-0.39, 0.29) is 17.4 Å². The van der Waals surface area contributed by atoms with Gasteiger partial charge >= 0.3 is 0 Å². The minimum absolute atomic E-state index is 0.113. The van der Waals surface area contributed by atoms with Gasteiger partial charge in [0.2, 0.25) is 5.91 Å². The quantitative estimate of drug-likeness (QED) is 0.834. The van der Waals surface area contributed by atoms with Crippen LogP contribution >= 0.6 is 0 Å². The predicted molar refractivity (Wildman–Crippen MR) is 101 cm³/mol. The summed E-state index contributed by atoms with van der Waals surface area (Å²) in [5.41, 5.74) is 2.87. The minimum Gasteiger partial charge on any atom is -0.378 e. The monoisotopic (exact) mass is 344 g/mol. The molecule has 4 heteroatoms. The topological polar surface area (TPSA) is 50.4 Å². The highest BCUT2D eigenvalue weighted by Crippen LogP contribution is 2.41. The Bertz CT molecular complexity index is 556. The molecule has 25 heavy (non-hydrogen) atoms. The van der Waals surface area contributed by atoms with Crippen molar-refractivity contribution in [2.75, 3.05) is 26.3 Å². The van der Waals surface area contributed by atoms with Gasteiger partial charge in [-0.2, -0.15) is 0 Å². The molecule has 1 aromatic carbocycles. The molecule has 1 atom stereocenters. The first-order valence-electron chi connectivity index (χ1n) is 9.77. The van der Waals surface area contributed by atoms with E-state index >= 15 is 0 Å². The first-order chi connectivity index (χ1) is 12.1. The number of morpholine rings is 1. The summed E-state index contributed by atoms with van der Waals surface area (Å²) < 4.78 is 5.44. The average Bonchev–Trinajstić information content (AvgIpc) is 3.11. The summed E-state index contributed by atoms with van der Waals surface area (Å²) in [4.78, 5) is 12.4. The van der Waals surface area contributed by atoms with Gasteiger partial charge in [-0.15, -0.1) is 0 Å². The number of rotatable bonds is 6. The second-order valence-electron chi connectivity index (χ2n) is 7.97.